The van der Waals surface area contributed by atoms with Gasteiger partial charge in [-0.1, -0.05) is 18.2 Å². The predicted octanol–water partition coefficient (Wildman–Crippen LogP) is 2.05. The molecular weight excluding hydrogens is 294 g/mol. The van der Waals surface area contributed by atoms with Crippen LogP contribution in [0.15, 0.2) is 30.3 Å². The highest BCUT2D eigenvalue weighted by Crippen LogP contribution is 2.32. The zero-order chi connectivity index (χ0) is 15.3. The average Bonchev–Trinajstić information content (AvgIpc) is 2.51. The number of ether oxygens (including phenoxy) is 2. The fourth-order valence-electron chi connectivity index (χ4n) is 2.33. The lowest BCUT2D eigenvalue weighted by atomic mass is 10.0. The molecule has 2 rings (SSSR count). The lowest BCUT2D eigenvalue weighted by molar-refractivity contribution is -0.219. The summed E-state index contributed by atoms with van der Waals surface area (Å²) < 4.78 is 11.2. The monoisotopic (exact) mass is 311 g/mol. The van der Waals surface area contributed by atoms with Crippen molar-refractivity contribution < 1.29 is 19.1 Å². The summed E-state index contributed by atoms with van der Waals surface area (Å²) in [5.41, 5.74) is 0.443. The molecule has 0 radical (unpaired) electrons. The van der Waals surface area contributed by atoms with Crippen LogP contribution in [-0.2, 0) is 14.3 Å². The van der Waals surface area contributed by atoms with Crippen LogP contribution in [0.3, 0.4) is 0 Å². The van der Waals surface area contributed by atoms with E-state index in [9.17, 15) is 9.59 Å². The van der Waals surface area contributed by atoms with Crippen molar-refractivity contribution in [3.05, 3.63) is 35.9 Å². The van der Waals surface area contributed by atoms with Crippen molar-refractivity contribution in [2.45, 2.75) is 24.5 Å². The molecular formula is C15H18ClNO4. The minimum absolute atomic E-state index is 0.285. The van der Waals surface area contributed by atoms with Gasteiger partial charge in [0.2, 0.25) is 12.2 Å². The summed E-state index contributed by atoms with van der Waals surface area (Å²) in [4.78, 5) is 24.6. The molecule has 21 heavy (non-hydrogen) atoms. The molecule has 114 valence electrons. The number of carbonyl (C=O) groups is 2. The Morgan fingerprint density at radius 3 is 2.76 bits per heavy atom. The van der Waals surface area contributed by atoms with Gasteiger partial charge in [0.25, 0.3) is 0 Å². The van der Waals surface area contributed by atoms with Crippen molar-refractivity contribution in [2.75, 3.05) is 19.7 Å². The van der Waals surface area contributed by atoms with Crippen LogP contribution in [0.5, 0.6) is 0 Å². The van der Waals surface area contributed by atoms with E-state index in [0.29, 0.717) is 25.1 Å². The van der Waals surface area contributed by atoms with Gasteiger partial charge in [0, 0.05) is 26.1 Å². The fraction of sp³-hybridized carbons (Fsp3) is 0.467. The van der Waals surface area contributed by atoms with E-state index in [1.807, 2.05) is 13.0 Å². The quantitative estimate of drug-likeness (QED) is 0.361. The zero-order valence-electron chi connectivity index (χ0n) is 11.8. The van der Waals surface area contributed by atoms with Gasteiger partial charge in [-0.15, -0.1) is 11.6 Å². The van der Waals surface area contributed by atoms with Gasteiger partial charge in [0.1, 0.15) is 5.38 Å². The first-order valence-electron chi connectivity index (χ1n) is 6.87. The molecule has 1 aliphatic rings. The minimum atomic E-state index is -1.19. The second-order valence-electron chi connectivity index (χ2n) is 4.82. The Bertz CT molecular complexity index is 496. The summed E-state index contributed by atoms with van der Waals surface area (Å²) in [6.45, 7) is 2.90. The topological polar surface area (TPSA) is 55.8 Å². The standard InChI is InChI=1S/C15H18ClNO4/c1-2-20-15(8-9-17(11-18)10-13(15)16)21-14(19)12-6-4-3-5-7-12/h3-7,11,13H,2,8-10H2,1H3. The maximum atomic E-state index is 12.2. The van der Waals surface area contributed by atoms with Crippen LogP contribution in [-0.4, -0.2) is 48.1 Å². The molecule has 2 atom stereocenters. The Balaban J connectivity index is 2.15. The highest BCUT2D eigenvalue weighted by Gasteiger charge is 2.46. The zero-order valence-corrected chi connectivity index (χ0v) is 12.6. The third-order valence-corrected chi connectivity index (χ3v) is 3.90. The van der Waals surface area contributed by atoms with Crippen molar-refractivity contribution in [3.8, 4) is 0 Å². The number of esters is 1. The van der Waals surface area contributed by atoms with E-state index in [0.717, 1.165) is 6.41 Å². The van der Waals surface area contributed by atoms with E-state index in [4.69, 9.17) is 21.1 Å². The van der Waals surface area contributed by atoms with Crippen LogP contribution in [0.1, 0.15) is 23.7 Å². The number of alkyl halides is 1. The summed E-state index contributed by atoms with van der Waals surface area (Å²) in [6.07, 6.45) is 1.09. The third-order valence-electron chi connectivity index (χ3n) is 3.43. The lowest BCUT2D eigenvalue weighted by Gasteiger charge is -2.42. The van der Waals surface area contributed by atoms with Crippen molar-refractivity contribution in [1.82, 2.24) is 4.90 Å². The molecule has 1 aromatic carbocycles. The lowest BCUT2D eigenvalue weighted by Crippen LogP contribution is -2.56. The second-order valence-corrected chi connectivity index (χ2v) is 5.35. The number of hydrogen-bond acceptors (Lipinski definition) is 4. The molecule has 1 aliphatic heterocycles. The highest BCUT2D eigenvalue weighted by atomic mass is 35.5. The molecule has 1 heterocycles. The van der Waals surface area contributed by atoms with Crippen LogP contribution in [0.4, 0.5) is 0 Å². The van der Waals surface area contributed by atoms with Gasteiger partial charge in [0.05, 0.1) is 5.56 Å². The Kier molecular flexibility index (Phi) is 5.20. The van der Waals surface area contributed by atoms with Crippen LogP contribution in [0.25, 0.3) is 0 Å². The van der Waals surface area contributed by atoms with Gasteiger partial charge < -0.3 is 14.4 Å². The van der Waals surface area contributed by atoms with E-state index in [1.165, 1.54) is 0 Å². The molecule has 0 bridgehead atoms. The first-order valence-corrected chi connectivity index (χ1v) is 7.30. The number of piperidine rings is 1. The van der Waals surface area contributed by atoms with Crippen molar-refractivity contribution in [2.24, 2.45) is 0 Å². The summed E-state index contributed by atoms with van der Waals surface area (Å²) >= 11 is 6.32. The average molecular weight is 312 g/mol. The van der Waals surface area contributed by atoms with E-state index >= 15 is 0 Å². The molecule has 2 unspecified atom stereocenters. The Morgan fingerprint density at radius 2 is 2.19 bits per heavy atom. The molecule has 0 aromatic heterocycles. The Labute approximate surface area is 128 Å². The molecule has 1 aromatic rings. The van der Waals surface area contributed by atoms with Gasteiger partial charge in [0.15, 0.2) is 0 Å². The SMILES string of the molecule is CCOC1(OC(=O)c2ccccc2)CCN(C=O)CC1Cl. The van der Waals surface area contributed by atoms with Crippen molar-refractivity contribution in [1.29, 1.82) is 0 Å². The van der Waals surface area contributed by atoms with Crippen LogP contribution in [0.2, 0.25) is 0 Å². The summed E-state index contributed by atoms with van der Waals surface area (Å²) in [7, 11) is 0. The van der Waals surface area contributed by atoms with E-state index in [2.05, 4.69) is 0 Å². The third kappa shape index (κ3) is 3.54. The van der Waals surface area contributed by atoms with E-state index in [1.54, 1.807) is 29.2 Å². The smallest absolute Gasteiger partial charge is 0.340 e. The van der Waals surface area contributed by atoms with Crippen LogP contribution >= 0.6 is 11.6 Å². The summed E-state index contributed by atoms with van der Waals surface area (Å²) in [5, 5.41) is -0.607. The number of likely N-dealkylation sites (tertiary alicyclic amines) is 1. The normalized spacial score (nSPS) is 25.4. The summed E-state index contributed by atoms with van der Waals surface area (Å²) in [6, 6.07) is 8.69. The number of nitrogens with zero attached hydrogens (tertiary/aromatic N) is 1. The first-order chi connectivity index (χ1) is 10.1. The summed E-state index contributed by atoms with van der Waals surface area (Å²) in [5.74, 6) is -1.67. The predicted molar refractivity (Wildman–Crippen MR) is 78.1 cm³/mol. The molecule has 1 saturated heterocycles. The van der Waals surface area contributed by atoms with Gasteiger partial charge in [-0.05, 0) is 19.1 Å². The fourth-order valence-corrected chi connectivity index (χ4v) is 2.72. The Morgan fingerprint density at radius 1 is 1.48 bits per heavy atom. The van der Waals surface area contributed by atoms with Gasteiger partial charge in [-0.2, -0.15) is 0 Å². The van der Waals surface area contributed by atoms with Gasteiger partial charge >= 0.3 is 5.97 Å². The molecule has 6 heteroatoms. The number of halogens is 1. The maximum Gasteiger partial charge on any atom is 0.340 e. The van der Waals surface area contributed by atoms with Gasteiger partial charge in [-0.3, -0.25) is 4.79 Å². The number of benzene rings is 1. The number of rotatable bonds is 5. The van der Waals surface area contributed by atoms with E-state index < -0.39 is 17.1 Å². The number of carbonyl (C=O) groups excluding carboxylic acids is 2. The van der Waals surface area contributed by atoms with Crippen LogP contribution in [0, 0.1) is 0 Å². The molecule has 0 N–H and O–H groups in total. The molecule has 5 nitrogen and oxygen atoms in total. The molecule has 0 saturated carbocycles. The molecule has 0 spiro atoms. The van der Waals surface area contributed by atoms with Crippen molar-refractivity contribution in [3.63, 3.8) is 0 Å². The molecule has 1 amide bonds. The van der Waals surface area contributed by atoms with Gasteiger partial charge in [-0.25, -0.2) is 4.79 Å². The Hall–Kier alpha value is -1.59. The highest BCUT2D eigenvalue weighted by molar-refractivity contribution is 6.21. The number of hydrogen-bond donors (Lipinski definition) is 0. The molecule has 1 fully saturated rings. The second kappa shape index (κ2) is 6.91. The molecule has 0 aliphatic carbocycles. The minimum Gasteiger partial charge on any atom is -0.428 e. The van der Waals surface area contributed by atoms with E-state index in [-0.39, 0.29) is 6.54 Å². The maximum absolute atomic E-state index is 12.2. The number of amides is 1. The first kappa shape index (κ1) is 15.8. The van der Waals surface area contributed by atoms with Crippen LogP contribution < -0.4 is 0 Å². The van der Waals surface area contributed by atoms with Crippen molar-refractivity contribution >= 4 is 24.0 Å². The largest absolute Gasteiger partial charge is 0.428 e.